The number of hydrogen-bond donors (Lipinski definition) is 1. The number of hydrogen-bond acceptors (Lipinski definition) is 2. The number of rotatable bonds is 3. The molecule has 2 aromatic rings. The summed E-state index contributed by atoms with van der Waals surface area (Å²) >= 11 is 0. The summed E-state index contributed by atoms with van der Waals surface area (Å²) in [6.45, 7) is 10.5. The molecule has 3 nitrogen and oxygen atoms in total. The van der Waals surface area contributed by atoms with Crippen LogP contribution in [0.4, 0.5) is 0 Å². The molecule has 0 radical (unpaired) electrons. The fourth-order valence-corrected chi connectivity index (χ4v) is 2.32. The van der Waals surface area contributed by atoms with Gasteiger partial charge in [0.15, 0.2) is 0 Å². The van der Waals surface area contributed by atoms with Gasteiger partial charge < -0.3 is 5.32 Å². The summed E-state index contributed by atoms with van der Waals surface area (Å²) in [5, 5.41) is 3.08. The lowest BCUT2D eigenvalue weighted by atomic mass is 9.86. The fraction of sp³-hybridized carbons (Fsp3) is 0.368. The van der Waals surface area contributed by atoms with E-state index in [1.165, 1.54) is 5.56 Å². The Morgan fingerprint density at radius 3 is 1.91 bits per heavy atom. The molecule has 1 heterocycles. The lowest BCUT2D eigenvalue weighted by Gasteiger charge is -2.27. The summed E-state index contributed by atoms with van der Waals surface area (Å²) in [5.74, 6) is -0.0673. The molecule has 0 atom stereocenters. The van der Waals surface area contributed by atoms with Gasteiger partial charge in [-0.1, -0.05) is 32.9 Å². The van der Waals surface area contributed by atoms with E-state index >= 15 is 0 Å². The normalized spacial score (nSPS) is 12.0. The second kappa shape index (κ2) is 5.91. The zero-order chi connectivity index (χ0) is 16.4. The predicted octanol–water partition coefficient (Wildman–Crippen LogP) is 4.04. The van der Waals surface area contributed by atoms with Gasteiger partial charge in [0.25, 0.3) is 5.91 Å². The predicted molar refractivity (Wildman–Crippen MR) is 89.9 cm³/mol. The summed E-state index contributed by atoms with van der Waals surface area (Å²) in [5.41, 5.74) is 2.57. The molecule has 116 valence electrons. The molecule has 22 heavy (non-hydrogen) atoms. The molecule has 2 rings (SSSR count). The molecule has 0 saturated carbocycles. The molecule has 0 fully saturated rings. The number of nitrogens with one attached hydrogen (secondary N) is 1. The summed E-state index contributed by atoms with van der Waals surface area (Å²) in [6, 6.07) is 11.7. The van der Waals surface area contributed by atoms with Crippen LogP contribution >= 0.6 is 0 Å². The van der Waals surface area contributed by atoms with Gasteiger partial charge >= 0.3 is 0 Å². The zero-order valence-electron chi connectivity index (χ0n) is 14.0. The number of carbonyl (C=O) groups is 1. The van der Waals surface area contributed by atoms with Crippen molar-refractivity contribution in [2.75, 3.05) is 0 Å². The standard InChI is InChI=1S/C19H24N2O/c1-18(2,3)15-8-6-14(7-9-15)17(22)21-19(4,5)16-10-12-20-13-11-16/h6-13H,1-5H3,(H,21,22). The maximum atomic E-state index is 12.5. The van der Waals surface area contributed by atoms with Crippen molar-refractivity contribution < 1.29 is 4.79 Å². The van der Waals surface area contributed by atoms with E-state index < -0.39 is 5.54 Å². The van der Waals surface area contributed by atoms with Crippen molar-refractivity contribution in [3.63, 3.8) is 0 Å². The Labute approximate surface area is 132 Å². The number of nitrogens with zero attached hydrogens (tertiary/aromatic N) is 1. The summed E-state index contributed by atoms with van der Waals surface area (Å²) in [7, 11) is 0. The number of carbonyl (C=O) groups excluding carboxylic acids is 1. The third-order valence-electron chi connectivity index (χ3n) is 3.84. The van der Waals surface area contributed by atoms with Crippen LogP contribution in [0.15, 0.2) is 48.8 Å². The minimum Gasteiger partial charge on any atom is -0.343 e. The Morgan fingerprint density at radius 2 is 1.41 bits per heavy atom. The van der Waals surface area contributed by atoms with Crippen LogP contribution in [0, 0.1) is 0 Å². The van der Waals surface area contributed by atoms with Gasteiger partial charge in [0.05, 0.1) is 5.54 Å². The van der Waals surface area contributed by atoms with Crippen LogP contribution in [0.5, 0.6) is 0 Å². The lowest BCUT2D eigenvalue weighted by Crippen LogP contribution is -2.41. The zero-order valence-corrected chi connectivity index (χ0v) is 14.0. The molecule has 0 spiro atoms. The molecule has 1 N–H and O–H groups in total. The third-order valence-corrected chi connectivity index (χ3v) is 3.84. The van der Waals surface area contributed by atoms with Crippen LogP contribution in [0.2, 0.25) is 0 Å². The minimum atomic E-state index is -0.442. The molecule has 3 heteroatoms. The Morgan fingerprint density at radius 1 is 0.864 bits per heavy atom. The molecule has 0 saturated heterocycles. The average Bonchev–Trinajstić information content (AvgIpc) is 2.47. The molecule has 1 aromatic heterocycles. The SMILES string of the molecule is CC(C)(C)c1ccc(C(=O)NC(C)(C)c2ccncc2)cc1. The highest BCUT2D eigenvalue weighted by atomic mass is 16.1. The van der Waals surface area contributed by atoms with Gasteiger partial charge in [-0.05, 0) is 54.7 Å². The molecule has 0 aliphatic heterocycles. The van der Waals surface area contributed by atoms with Crippen molar-refractivity contribution in [1.82, 2.24) is 10.3 Å². The minimum absolute atomic E-state index is 0.0673. The van der Waals surface area contributed by atoms with E-state index in [2.05, 4.69) is 31.1 Å². The van der Waals surface area contributed by atoms with Crippen LogP contribution in [-0.4, -0.2) is 10.9 Å². The van der Waals surface area contributed by atoms with Crippen molar-refractivity contribution in [1.29, 1.82) is 0 Å². The third kappa shape index (κ3) is 3.73. The Kier molecular flexibility index (Phi) is 4.36. The first-order valence-corrected chi connectivity index (χ1v) is 7.54. The van der Waals surface area contributed by atoms with Crippen LogP contribution in [0.1, 0.15) is 56.1 Å². The average molecular weight is 296 g/mol. The van der Waals surface area contributed by atoms with Crippen LogP contribution < -0.4 is 5.32 Å². The van der Waals surface area contributed by atoms with Crippen LogP contribution in [0.25, 0.3) is 0 Å². The summed E-state index contributed by atoms with van der Waals surface area (Å²) < 4.78 is 0. The monoisotopic (exact) mass is 296 g/mol. The topological polar surface area (TPSA) is 42.0 Å². The molecule has 0 bridgehead atoms. The van der Waals surface area contributed by atoms with Crippen molar-refractivity contribution in [3.05, 3.63) is 65.5 Å². The maximum absolute atomic E-state index is 12.5. The second-order valence-electron chi connectivity index (χ2n) is 7.14. The number of aromatic nitrogens is 1. The molecular formula is C19H24N2O. The molecule has 0 aliphatic rings. The van der Waals surface area contributed by atoms with E-state index in [9.17, 15) is 4.79 Å². The molecule has 1 aromatic carbocycles. The van der Waals surface area contributed by atoms with Gasteiger partial charge in [0.2, 0.25) is 0 Å². The highest BCUT2D eigenvalue weighted by molar-refractivity contribution is 5.94. The van der Waals surface area contributed by atoms with E-state index in [-0.39, 0.29) is 11.3 Å². The Bertz CT molecular complexity index is 637. The Hall–Kier alpha value is -2.16. The van der Waals surface area contributed by atoms with Crippen molar-refractivity contribution in [2.45, 2.75) is 45.6 Å². The second-order valence-corrected chi connectivity index (χ2v) is 7.14. The Balaban J connectivity index is 2.15. The lowest BCUT2D eigenvalue weighted by molar-refractivity contribution is 0.0912. The van der Waals surface area contributed by atoms with Gasteiger partial charge in [-0.3, -0.25) is 9.78 Å². The van der Waals surface area contributed by atoms with Crippen LogP contribution in [-0.2, 0) is 11.0 Å². The molecule has 0 aliphatic carbocycles. The summed E-state index contributed by atoms with van der Waals surface area (Å²) in [4.78, 5) is 16.5. The maximum Gasteiger partial charge on any atom is 0.251 e. The van der Waals surface area contributed by atoms with E-state index in [0.717, 1.165) is 5.56 Å². The number of benzene rings is 1. The van der Waals surface area contributed by atoms with Gasteiger partial charge in [-0.2, -0.15) is 0 Å². The van der Waals surface area contributed by atoms with Crippen molar-refractivity contribution >= 4 is 5.91 Å². The van der Waals surface area contributed by atoms with E-state index in [1.54, 1.807) is 12.4 Å². The van der Waals surface area contributed by atoms with E-state index in [1.807, 2.05) is 50.2 Å². The molecule has 1 amide bonds. The van der Waals surface area contributed by atoms with Crippen LogP contribution in [0.3, 0.4) is 0 Å². The number of pyridine rings is 1. The van der Waals surface area contributed by atoms with E-state index in [4.69, 9.17) is 0 Å². The van der Waals surface area contributed by atoms with Crippen molar-refractivity contribution in [2.24, 2.45) is 0 Å². The first-order valence-electron chi connectivity index (χ1n) is 7.54. The quantitative estimate of drug-likeness (QED) is 0.928. The van der Waals surface area contributed by atoms with E-state index in [0.29, 0.717) is 5.56 Å². The fourth-order valence-electron chi connectivity index (χ4n) is 2.32. The van der Waals surface area contributed by atoms with Gasteiger partial charge in [0.1, 0.15) is 0 Å². The van der Waals surface area contributed by atoms with Gasteiger partial charge in [-0.15, -0.1) is 0 Å². The van der Waals surface area contributed by atoms with Gasteiger partial charge in [-0.25, -0.2) is 0 Å². The first-order chi connectivity index (χ1) is 10.2. The largest absolute Gasteiger partial charge is 0.343 e. The summed E-state index contributed by atoms with van der Waals surface area (Å²) in [6.07, 6.45) is 3.47. The van der Waals surface area contributed by atoms with Gasteiger partial charge in [0, 0.05) is 18.0 Å². The first kappa shape index (κ1) is 16.2. The smallest absolute Gasteiger partial charge is 0.251 e. The highest BCUT2D eigenvalue weighted by Crippen LogP contribution is 2.23. The number of amides is 1. The molecular weight excluding hydrogens is 272 g/mol. The highest BCUT2D eigenvalue weighted by Gasteiger charge is 2.23. The molecule has 0 unspecified atom stereocenters. The van der Waals surface area contributed by atoms with Crippen molar-refractivity contribution in [3.8, 4) is 0 Å².